The molecule has 0 aliphatic heterocycles. The number of halogens is 4. The van der Waals surface area contributed by atoms with Crippen molar-refractivity contribution in [2.75, 3.05) is 0 Å². The average molecular weight is 315 g/mol. The minimum Gasteiger partial charge on any atom is -0.320 e. The summed E-state index contributed by atoms with van der Waals surface area (Å²) in [4.78, 5) is 2.10. The molecule has 1 aliphatic rings. The average Bonchev–Trinajstić information content (AvgIpc) is 2.97. The van der Waals surface area contributed by atoms with Crippen LogP contribution in [0.25, 0.3) is 0 Å². The monoisotopic (exact) mass is 315 g/mol. The third-order valence-electron chi connectivity index (χ3n) is 3.73. The highest BCUT2D eigenvalue weighted by Gasteiger charge is 2.34. The lowest BCUT2D eigenvalue weighted by atomic mass is 10.0. The van der Waals surface area contributed by atoms with Gasteiger partial charge in [0.25, 0.3) is 0 Å². The number of hydrogen-bond acceptors (Lipinski definition) is 2. The molecule has 1 aromatic carbocycles. The van der Waals surface area contributed by atoms with Crippen LogP contribution in [-0.4, -0.2) is 0 Å². The molecular formula is C15H13F4NS. The van der Waals surface area contributed by atoms with Gasteiger partial charge in [-0.05, 0) is 48.6 Å². The Morgan fingerprint density at radius 3 is 2.57 bits per heavy atom. The van der Waals surface area contributed by atoms with Crippen molar-refractivity contribution in [3.63, 3.8) is 0 Å². The fourth-order valence-corrected chi connectivity index (χ4v) is 3.91. The fourth-order valence-electron chi connectivity index (χ4n) is 2.62. The molecule has 0 amide bonds. The Morgan fingerprint density at radius 1 is 1.14 bits per heavy atom. The first kappa shape index (κ1) is 14.5. The third kappa shape index (κ3) is 2.70. The first-order chi connectivity index (χ1) is 9.86. The summed E-state index contributed by atoms with van der Waals surface area (Å²) in [5.74, 6) is -1.27. The molecule has 1 atom stereocenters. The summed E-state index contributed by atoms with van der Waals surface area (Å²) in [5, 5.41) is 0. The van der Waals surface area contributed by atoms with Crippen molar-refractivity contribution in [2.24, 2.45) is 5.73 Å². The van der Waals surface area contributed by atoms with Gasteiger partial charge in [0.1, 0.15) is 5.82 Å². The molecular weight excluding hydrogens is 302 g/mol. The summed E-state index contributed by atoms with van der Waals surface area (Å²) >= 11 is 1.54. The van der Waals surface area contributed by atoms with E-state index in [0.29, 0.717) is 0 Å². The molecule has 3 rings (SSSR count). The lowest BCUT2D eigenvalue weighted by molar-refractivity contribution is -0.140. The van der Waals surface area contributed by atoms with Crippen molar-refractivity contribution < 1.29 is 17.6 Å². The van der Waals surface area contributed by atoms with E-state index in [1.165, 1.54) is 16.5 Å². The summed E-state index contributed by atoms with van der Waals surface area (Å²) in [6.07, 6.45) is -1.60. The Hall–Kier alpha value is -1.40. The number of alkyl halides is 3. The summed E-state index contributed by atoms with van der Waals surface area (Å²) in [7, 11) is 0. The zero-order chi connectivity index (χ0) is 15.2. The highest BCUT2D eigenvalue weighted by atomic mass is 32.1. The van der Waals surface area contributed by atoms with Gasteiger partial charge in [-0.1, -0.05) is 6.07 Å². The number of rotatable bonds is 2. The highest BCUT2D eigenvalue weighted by Crippen LogP contribution is 2.37. The van der Waals surface area contributed by atoms with E-state index >= 15 is 0 Å². The molecule has 112 valence electrons. The summed E-state index contributed by atoms with van der Waals surface area (Å²) in [6.45, 7) is 0. The molecule has 1 nitrogen and oxygen atoms in total. The molecule has 1 heterocycles. The van der Waals surface area contributed by atoms with Crippen LogP contribution in [0.5, 0.6) is 0 Å². The van der Waals surface area contributed by atoms with Crippen molar-refractivity contribution in [1.82, 2.24) is 0 Å². The second kappa shape index (κ2) is 5.10. The van der Waals surface area contributed by atoms with E-state index in [9.17, 15) is 17.6 Å². The lowest BCUT2D eigenvalue weighted by Gasteiger charge is -2.14. The van der Waals surface area contributed by atoms with Crippen molar-refractivity contribution in [1.29, 1.82) is 0 Å². The van der Waals surface area contributed by atoms with Crippen LogP contribution in [-0.2, 0) is 19.0 Å². The van der Waals surface area contributed by atoms with Crippen LogP contribution in [0, 0.1) is 5.82 Å². The van der Waals surface area contributed by atoms with E-state index in [0.717, 1.165) is 36.3 Å². The normalized spacial score (nSPS) is 16.0. The largest absolute Gasteiger partial charge is 0.419 e. The van der Waals surface area contributed by atoms with Gasteiger partial charge < -0.3 is 5.73 Å². The van der Waals surface area contributed by atoms with E-state index < -0.39 is 23.6 Å². The van der Waals surface area contributed by atoms with Gasteiger partial charge in [-0.2, -0.15) is 13.2 Å². The lowest BCUT2D eigenvalue weighted by Crippen LogP contribution is -2.14. The molecule has 6 heteroatoms. The van der Waals surface area contributed by atoms with Crippen molar-refractivity contribution in [3.05, 3.63) is 56.5 Å². The van der Waals surface area contributed by atoms with E-state index in [4.69, 9.17) is 5.73 Å². The predicted molar refractivity (Wildman–Crippen MR) is 73.8 cm³/mol. The molecule has 1 unspecified atom stereocenters. The molecule has 21 heavy (non-hydrogen) atoms. The van der Waals surface area contributed by atoms with Crippen LogP contribution < -0.4 is 5.73 Å². The molecule has 0 spiro atoms. The summed E-state index contributed by atoms with van der Waals surface area (Å²) in [6, 6.07) is 4.28. The van der Waals surface area contributed by atoms with E-state index in [-0.39, 0.29) is 5.56 Å². The third-order valence-corrected chi connectivity index (χ3v) is 5.05. The Kier molecular flexibility index (Phi) is 3.53. The van der Waals surface area contributed by atoms with Gasteiger partial charge >= 0.3 is 6.18 Å². The number of thiophene rings is 1. The van der Waals surface area contributed by atoms with Crippen LogP contribution in [0.15, 0.2) is 24.3 Å². The van der Waals surface area contributed by atoms with Crippen molar-refractivity contribution in [2.45, 2.75) is 31.5 Å². The maximum atomic E-state index is 13.3. The minimum atomic E-state index is -4.71. The van der Waals surface area contributed by atoms with Gasteiger partial charge in [0.15, 0.2) is 0 Å². The smallest absolute Gasteiger partial charge is 0.320 e. The van der Waals surface area contributed by atoms with Crippen molar-refractivity contribution >= 4 is 11.3 Å². The Morgan fingerprint density at radius 2 is 1.90 bits per heavy atom. The van der Waals surface area contributed by atoms with Crippen LogP contribution in [0.4, 0.5) is 17.6 Å². The summed E-state index contributed by atoms with van der Waals surface area (Å²) in [5.41, 5.74) is 6.32. The van der Waals surface area contributed by atoms with Crippen LogP contribution in [0.3, 0.4) is 0 Å². The topological polar surface area (TPSA) is 26.0 Å². The molecule has 0 bridgehead atoms. The van der Waals surface area contributed by atoms with Gasteiger partial charge in [0, 0.05) is 9.75 Å². The van der Waals surface area contributed by atoms with Gasteiger partial charge in [-0.3, -0.25) is 0 Å². The zero-order valence-electron chi connectivity index (χ0n) is 11.0. The second-order valence-corrected chi connectivity index (χ2v) is 6.33. The van der Waals surface area contributed by atoms with Crippen LogP contribution >= 0.6 is 11.3 Å². The standard InChI is InChI=1S/C15H13F4NS/c16-11-5-4-9(6-10(11)15(17,18)19)14(20)13-7-8-2-1-3-12(8)21-13/h4-7,14H,1-3,20H2. The minimum absolute atomic E-state index is 0.281. The Bertz CT molecular complexity index is 653. The molecule has 2 N–H and O–H groups in total. The Balaban J connectivity index is 1.95. The fraction of sp³-hybridized carbons (Fsp3) is 0.333. The molecule has 1 aromatic heterocycles. The van der Waals surface area contributed by atoms with E-state index in [1.807, 2.05) is 6.07 Å². The Labute approximate surface area is 123 Å². The SMILES string of the molecule is NC(c1ccc(F)c(C(F)(F)F)c1)c1cc2c(s1)CCC2. The first-order valence-electron chi connectivity index (χ1n) is 6.60. The predicted octanol–water partition coefficient (Wildman–Crippen LogP) is 4.44. The van der Waals surface area contributed by atoms with Gasteiger partial charge in [-0.25, -0.2) is 4.39 Å². The number of hydrogen-bond donors (Lipinski definition) is 1. The zero-order valence-corrected chi connectivity index (χ0v) is 11.8. The molecule has 0 fully saturated rings. The van der Waals surface area contributed by atoms with Gasteiger partial charge in [-0.15, -0.1) is 11.3 Å². The maximum absolute atomic E-state index is 13.3. The van der Waals surface area contributed by atoms with Gasteiger partial charge in [0.2, 0.25) is 0 Å². The first-order valence-corrected chi connectivity index (χ1v) is 7.41. The van der Waals surface area contributed by atoms with Crippen molar-refractivity contribution in [3.8, 4) is 0 Å². The highest BCUT2D eigenvalue weighted by molar-refractivity contribution is 7.12. The second-order valence-electron chi connectivity index (χ2n) is 5.17. The maximum Gasteiger partial charge on any atom is 0.419 e. The van der Waals surface area contributed by atoms with Crippen LogP contribution in [0.1, 0.15) is 38.9 Å². The van der Waals surface area contributed by atoms with E-state index in [1.54, 1.807) is 11.3 Å². The molecule has 0 saturated heterocycles. The molecule has 0 radical (unpaired) electrons. The molecule has 2 aromatic rings. The van der Waals surface area contributed by atoms with Crippen LogP contribution in [0.2, 0.25) is 0 Å². The number of benzene rings is 1. The van der Waals surface area contributed by atoms with E-state index in [2.05, 4.69) is 0 Å². The van der Waals surface area contributed by atoms with Gasteiger partial charge in [0.05, 0.1) is 11.6 Å². The number of nitrogens with two attached hydrogens (primary N) is 1. The number of aryl methyl sites for hydroxylation is 2. The summed E-state index contributed by atoms with van der Waals surface area (Å²) < 4.78 is 51.6. The molecule has 0 saturated carbocycles. The quantitative estimate of drug-likeness (QED) is 0.815. The molecule has 1 aliphatic carbocycles. The number of fused-ring (bicyclic) bond motifs is 1.